The maximum atomic E-state index is 11.9. The van der Waals surface area contributed by atoms with Gasteiger partial charge in [-0.2, -0.15) is 5.26 Å². The summed E-state index contributed by atoms with van der Waals surface area (Å²) in [7, 11) is -1.53. The van der Waals surface area contributed by atoms with Gasteiger partial charge >= 0.3 is 0 Å². The molecule has 1 saturated carbocycles. The highest BCUT2D eigenvalue weighted by Crippen LogP contribution is 2.26. The van der Waals surface area contributed by atoms with E-state index < -0.39 is 9.84 Å². The van der Waals surface area contributed by atoms with Crippen LogP contribution < -0.4 is 0 Å². The zero-order valence-electron chi connectivity index (χ0n) is 11.5. The minimum Gasteiger partial charge on any atom is -0.345 e. The lowest BCUT2D eigenvalue weighted by Crippen LogP contribution is -2.30. The Balaban J connectivity index is 2.33. The molecule has 1 amide bonds. The number of nitrogens with zero attached hydrogens (tertiary/aromatic N) is 2. The summed E-state index contributed by atoms with van der Waals surface area (Å²) in [6, 6.07) is 1.96. The third-order valence-corrected chi connectivity index (χ3v) is 5.38. The molecule has 6 heteroatoms. The monoisotopic (exact) mass is 286 g/mol. The second kappa shape index (κ2) is 7.49. The van der Waals surface area contributed by atoms with E-state index in [-0.39, 0.29) is 36.2 Å². The van der Waals surface area contributed by atoms with Crippen LogP contribution in [0, 0.1) is 17.2 Å². The molecule has 0 atom stereocenters. The molecule has 0 aromatic heterocycles. The lowest BCUT2D eigenvalue weighted by molar-refractivity contribution is -0.129. The maximum Gasteiger partial charge on any atom is 0.223 e. The predicted octanol–water partition coefficient (Wildman–Crippen LogP) is 1.35. The third-order valence-electron chi connectivity index (χ3n) is 3.58. The maximum absolute atomic E-state index is 11.9. The van der Waals surface area contributed by atoms with Gasteiger partial charge in [-0.15, -0.1) is 0 Å². The van der Waals surface area contributed by atoms with Crippen molar-refractivity contribution in [2.75, 3.05) is 25.1 Å². The van der Waals surface area contributed by atoms with Crippen LogP contribution in [0.5, 0.6) is 0 Å². The Morgan fingerprint density at radius 1 is 1.37 bits per heavy atom. The molecule has 0 aromatic rings. The average Bonchev–Trinajstić information content (AvgIpc) is 2.85. The molecule has 19 heavy (non-hydrogen) atoms. The number of amides is 1. The van der Waals surface area contributed by atoms with E-state index in [1.54, 1.807) is 7.05 Å². The summed E-state index contributed by atoms with van der Waals surface area (Å²) < 4.78 is 23.8. The van der Waals surface area contributed by atoms with E-state index in [2.05, 4.69) is 0 Å². The van der Waals surface area contributed by atoms with Crippen LogP contribution in [-0.2, 0) is 14.6 Å². The van der Waals surface area contributed by atoms with E-state index in [4.69, 9.17) is 5.26 Å². The number of nitriles is 1. The van der Waals surface area contributed by atoms with Crippen LogP contribution in [0.3, 0.4) is 0 Å². The summed E-state index contributed by atoms with van der Waals surface area (Å²) in [5.41, 5.74) is 0. The van der Waals surface area contributed by atoms with Crippen molar-refractivity contribution in [2.24, 2.45) is 5.92 Å². The van der Waals surface area contributed by atoms with Crippen LogP contribution in [0.25, 0.3) is 0 Å². The molecule has 0 unspecified atom stereocenters. The second-order valence-corrected chi connectivity index (χ2v) is 7.47. The Bertz CT molecular complexity index is 433. The molecule has 0 spiro atoms. The van der Waals surface area contributed by atoms with Crippen LogP contribution in [0.1, 0.15) is 38.5 Å². The first-order chi connectivity index (χ1) is 8.94. The Kier molecular flexibility index (Phi) is 6.29. The van der Waals surface area contributed by atoms with Crippen molar-refractivity contribution in [2.45, 2.75) is 38.5 Å². The van der Waals surface area contributed by atoms with E-state index >= 15 is 0 Å². The van der Waals surface area contributed by atoms with Crippen molar-refractivity contribution < 1.29 is 13.2 Å². The second-order valence-electron chi connectivity index (χ2n) is 5.24. The summed E-state index contributed by atoms with van der Waals surface area (Å²) in [5, 5.41) is 8.43. The molecule has 0 heterocycles. The number of rotatable bonds is 7. The quantitative estimate of drug-likeness (QED) is 0.708. The lowest BCUT2D eigenvalue weighted by atomic mass is 10.1. The largest absolute Gasteiger partial charge is 0.345 e. The van der Waals surface area contributed by atoms with Crippen LogP contribution >= 0.6 is 0 Å². The molecule has 0 N–H and O–H groups in total. The van der Waals surface area contributed by atoms with Crippen molar-refractivity contribution >= 4 is 15.7 Å². The van der Waals surface area contributed by atoms with Gasteiger partial charge in [-0.1, -0.05) is 12.8 Å². The SMILES string of the molecule is CN(CCC#N)C(=O)CCS(=O)(=O)CC1CCCC1. The van der Waals surface area contributed by atoms with Crippen molar-refractivity contribution in [3.05, 3.63) is 0 Å². The van der Waals surface area contributed by atoms with E-state index in [1.165, 1.54) is 4.90 Å². The molecular formula is C13H22N2O3S. The third kappa shape index (κ3) is 6.06. The Hall–Kier alpha value is -1.09. The molecule has 0 aromatic carbocycles. The van der Waals surface area contributed by atoms with Crippen molar-refractivity contribution in [1.82, 2.24) is 4.90 Å². The molecule has 1 fully saturated rings. The van der Waals surface area contributed by atoms with Gasteiger partial charge in [0, 0.05) is 20.0 Å². The highest BCUT2D eigenvalue weighted by molar-refractivity contribution is 7.91. The van der Waals surface area contributed by atoms with Gasteiger partial charge < -0.3 is 4.90 Å². The van der Waals surface area contributed by atoms with Crippen molar-refractivity contribution in [3.8, 4) is 6.07 Å². The van der Waals surface area contributed by atoms with Gasteiger partial charge in [0.05, 0.1) is 24.0 Å². The molecule has 1 aliphatic carbocycles. The lowest BCUT2D eigenvalue weighted by Gasteiger charge is -2.16. The smallest absolute Gasteiger partial charge is 0.223 e. The Morgan fingerprint density at radius 2 is 2.00 bits per heavy atom. The molecular weight excluding hydrogens is 264 g/mol. The van der Waals surface area contributed by atoms with E-state index in [0.717, 1.165) is 25.7 Å². The van der Waals surface area contributed by atoms with Gasteiger partial charge in [-0.05, 0) is 18.8 Å². The minimum absolute atomic E-state index is 0.0248. The first kappa shape index (κ1) is 16.0. The highest BCUT2D eigenvalue weighted by Gasteiger charge is 2.23. The molecule has 0 bridgehead atoms. The normalized spacial score (nSPS) is 16.2. The fourth-order valence-corrected chi connectivity index (χ4v) is 4.10. The minimum atomic E-state index is -3.13. The number of sulfone groups is 1. The van der Waals surface area contributed by atoms with E-state index in [0.29, 0.717) is 6.54 Å². The van der Waals surface area contributed by atoms with Gasteiger partial charge in [-0.3, -0.25) is 4.79 Å². The molecule has 0 aliphatic heterocycles. The van der Waals surface area contributed by atoms with Gasteiger partial charge in [-0.25, -0.2) is 8.42 Å². The van der Waals surface area contributed by atoms with Crippen LogP contribution in [0.2, 0.25) is 0 Å². The average molecular weight is 286 g/mol. The summed E-state index contributed by atoms with van der Waals surface area (Å²) in [6.07, 6.45) is 4.53. The Labute approximate surface area is 115 Å². The van der Waals surface area contributed by atoms with E-state index in [1.807, 2.05) is 6.07 Å². The van der Waals surface area contributed by atoms with E-state index in [9.17, 15) is 13.2 Å². The van der Waals surface area contributed by atoms with Crippen LogP contribution in [0.15, 0.2) is 0 Å². The summed E-state index contributed by atoms with van der Waals surface area (Å²) in [6.45, 7) is 0.359. The molecule has 108 valence electrons. The molecule has 1 aliphatic rings. The highest BCUT2D eigenvalue weighted by atomic mass is 32.2. The number of hydrogen-bond acceptors (Lipinski definition) is 4. The molecule has 0 radical (unpaired) electrons. The predicted molar refractivity (Wildman–Crippen MR) is 73.1 cm³/mol. The standard InChI is InChI=1S/C13H22N2O3S/c1-15(9-4-8-14)13(16)7-10-19(17,18)11-12-5-2-3-6-12/h12H,2-7,9-11H2,1H3. The Morgan fingerprint density at radius 3 is 2.58 bits per heavy atom. The topological polar surface area (TPSA) is 78.2 Å². The van der Waals surface area contributed by atoms with Gasteiger partial charge in [0.1, 0.15) is 0 Å². The first-order valence-corrected chi connectivity index (χ1v) is 8.58. The van der Waals surface area contributed by atoms with Crippen molar-refractivity contribution in [1.29, 1.82) is 5.26 Å². The summed E-state index contributed by atoms with van der Waals surface area (Å²) >= 11 is 0. The van der Waals surface area contributed by atoms with Crippen LogP contribution in [-0.4, -0.2) is 44.3 Å². The van der Waals surface area contributed by atoms with Gasteiger partial charge in [0.2, 0.25) is 5.91 Å². The summed E-state index contributed by atoms with van der Waals surface area (Å²) in [5.74, 6) is 0.239. The number of hydrogen-bond donors (Lipinski definition) is 0. The fourth-order valence-electron chi connectivity index (χ4n) is 2.40. The number of carbonyl (C=O) groups is 1. The zero-order chi connectivity index (χ0) is 14.3. The molecule has 0 saturated heterocycles. The fraction of sp³-hybridized carbons (Fsp3) is 0.846. The molecule has 5 nitrogen and oxygen atoms in total. The summed E-state index contributed by atoms with van der Waals surface area (Å²) in [4.78, 5) is 13.1. The van der Waals surface area contributed by atoms with Crippen LogP contribution in [0.4, 0.5) is 0 Å². The zero-order valence-corrected chi connectivity index (χ0v) is 12.3. The van der Waals surface area contributed by atoms with Gasteiger partial charge in [0.25, 0.3) is 0 Å². The first-order valence-electron chi connectivity index (χ1n) is 6.76. The molecule has 1 rings (SSSR count). The number of carbonyl (C=O) groups excluding carboxylic acids is 1. The van der Waals surface area contributed by atoms with Gasteiger partial charge in [0.15, 0.2) is 9.84 Å². The van der Waals surface area contributed by atoms with Crippen molar-refractivity contribution in [3.63, 3.8) is 0 Å².